The Morgan fingerprint density at radius 3 is 3.11 bits per heavy atom. The Hall–Kier alpha value is -2.50. The van der Waals surface area contributed by atoms with Gasteiger partial charge in [-0.2, -0.15) is 10.1 Å². The number of nitrogens with one attached hydrogen (secondary N) is 1. The summed E-state index contributed by atoms with van der Waals surface area (Å²) in [5.41, 5.74) is 1.90. The number of anilines is 1. The molecule has 0 spiro atoms. The smallest absolute Gasteiger partial charge is 0.224 e. The van der Waals surface area contributed by atoms with Gasteiger partial charge in [0.15, 0.2) is 5.65 Å². The van der Waals surface area contributed by atoms with Gasteiger partial charge >= 0.3 is 0 Å². The molecule has 0 saturated carbocycles. The summed E-state index contributed by atoms with van der Waals surface area (Å²) in [6.07, 6.45) is 8.20. The topological polar surface area (TPSA) is 68.5 Å². The van der Waals surface area contributed by atoms with E-state index in [2.05, 4.69) is 31.4 Å². The molecule has 0 aliphatic heterocycles. The minimum absolute atomic E-state index is 0.607. The van der Waals surface area contributed by atoms with E-state index in [0.717, 1.165) is 18.4 Å². The van der Waals surface area contributed by atoms with E-state index < -0.39 is 0 Å². The first kappa shape index (κ1) is 11.6. The molecule has 6 heteroatoms. The number of fused-ring (bicyclic) bond motifs is 1. The number of pyridine rings is 1. The van der Waals surface area contributed by atoms with E-state index in [-0.39, 0.29) is 0 Å². The van der Waals surface area contributed by atoms with Crippen LogP contribution in [0.3, 0.4) is 0 Å². The lowest BCUT2D eigenvalue weighted by atomic mass is 10.2. The van der Waals surface area contributed by atoms with Crippen molar-refractivity contribution < 1.29 is 0 Å². The van der Waals surface area contributed by atoms with Gasteiger partial charge in [-0.25, -0.2) is 4.98 Å². The van der Waals surface area contributed by atoms with Gasteiger partial charge in [-0.05, 0) is 18.1 Å². The fourth-order valence-electron chi connectivity index (χ4n) is 1.88. The monoisotopic (exact) mass is 254 g/mol. The van der Waals surface area contributed by atoms with E-state index in [1.807, 2.05) is 25.5 Å². The van der Waals surface area contributed by atoms with Gasteiger partial charge < -0.3 is 5.32 Å². The lowest BCUT2D eigenvalue weighted by Gasteiger charge is -2.03. The molecule has 0 amide bonds. The van der Waals surface area contributed by atoms with E-state index in [0.29, 0.717) is 11.6 Å². The average Bonchev–Trinajstić information content (AvgIpc) is 2.79. The van der Waals surface area contributed by atoms with E-state index in [4.69, 9.17) is 0 Å². The van der Waals surface area contributed by atoms with Crippen molar-refractivity contribution in [3.05, 3.63) is 42.5 Å². The maximum Gasteiger partial charge on any atom is 0.224 e. The summed E-state index contributed by atoms with van der Waals surface area (Å²) in [5, 5.41) is 8.40. The Labute approximate surface area is 110 Å². The van der Waals surface area contributed by atoms with Crippen LogP contribution in [0.5, 0.6) is 0 Å². The first-order valence-corrected chi connectivity index (χ1v) is 6.10. The molecule has 0 aliphatic carbocycles. The Kier molecular flexibility index (Phi) is 3.06. The SMILES string of the molecule is Cn1cc2cnc(NCCc3cccnc3)nc2n1. The molecule has 0 aromatic carbocycles. The zero-order valence-corrected chi connectivity index (χ0v) is 10.6. The molecule has 6 nitrogen and oxygen atoms in total. The van der Waals surface area contributed by atoms with Crippen molar-refractivity contribution in [2.24, 2.45) is 7.05 Å². The number of aromatic nitrogens is 5. The van der Waals surface area contributed by atoms with Crippen LogP contribution in [0.1, 0.15) is 5.56 Å². The van der Waals surface area contributed by atoms with Crippen molar-refractivity contribution in [3.63, 3.8) is 0 Å². The molecule has 3 aromatic rings. The maximum absolute atomic E-state index is 4.36. The van der Waals surface area contributed by atoms with Crippen LogP contribution >= 0.6 is 0 Å². The van der Waals surface area contributed by atoms with E-state index in [1.165, 1.54) is 5.56 Å². The first-order chi connectivity index (χ1) is 9.31. The van der Waals surface area contributed by atoms with Gasteiger partial charge in [0, 0.05) is 38.4 Å². The summed E-state index contributed by atoms with van der Waals surface area (Å²) in [4.78, 5) is 12.7. The molecule has 0 bridgehead atoms. The molecule has 3 aromatic heterocycles. The molecule has 0 radical (unpaired) electrons. The molecule has 19 heavy (non-hydrogen) atoms. The van der Waals surface area contributed by atoms with Crippen LogP contribution in [0.4, 0.5) is 5.95 Å². The summed E-state index contributed by atoms with van der Waals surface area (Å²) in [6, 6.07) is 3.99. The average molecular weight is 254 g/mol. The number of hydrogen-bond acceptors (Lipinski definition) is 5. The molecule has 0 fully saturated rings. The zero-order chi connectivity index (χ0) is 13.1. The first-order valence-electron chi connectivity index (χ1n) is 6.10. The second kappa shape index (κ2) is 5.01. The molecule has 0 atom stereocenters. The van der Waals surface area contributed by atoms with Crippen molar-refractivity contribution in [1.82, 2.24) is 24.7 Å². The van der Waals surface area contributed by atoms with Crippen LogP contribution in [0.25, 0.3) is 11.0 Å². The number of rotatable bonds is 4. The third kappa shape index (κ3) is 2.67. The molecular weight excluding hydrogens is 240 g/mol. The van der Waals surface area contributed by atoms with Crippen LogP contribution in [0, 0.1) is 0 Å². The predicted molar refractivity (Wildman–Crippen MR) is 72.7 cm³/mol. The van der Waals surface area contributed by atoms with Gasteiger partial charge in [0.05, 0.1) is 5.39 Å². The van der Waals surface area contributed by atoms with Gasteiger partial charge in [0.25, 0.3) is 0 Å². The van der Waals surface area contributed by atoms with E-state index in [9.17, 15) is 0 Å². The third-order valence-corrected chi connectivity index (χ3v) is 2.79. The zero-order valence-electron chi connectivity index (χ0n) is 10.6. The van der Waals surface area contributed by atoms with Crippen molar-refractivity contribution in [2.45, 2.75) is 6.42 Å². The fourth-order valence-corrected chi connectivity index (χ4v) is 1.88. The molecular formula is C13H14N6. The Morgan fingerprint density at radius 2 is 2.26 bits per heavy atom. The Morgan fingerprint density at radius 1 is 1.32 bits per heavy atom. The molecule has 96 valence electrons. The van der Waals surface area contributed by atoms with Gasteiger partial charge in [-0.15, -0.1) is 0 Å². The summed E-state index contributed by atoms with van der Waals surface area (Å²) < 4.78 is 1.73. The van der Waals surface area contributed by atoms with E-state index >= 15 is 0 Å². The standard InChI is InChI=1S/C13H14N6/c1-19-9-11-8-16-13(17-12(11)18-19)15-6-4-10-3-2-5-14-7-10/h2-3,5,7-9H,4,6H2,1H3,(H,15,17,18). The molecule has 3 heterocycles. The lowest BCUT2D eigenvalue weighted by molar-refractivity contribution is 0.775. The maximum atomic E-state index is 4.36. The van der Waals surface area contributed by atoms with E-state index in [1.54, 1.807) is 17.1 Å². The van der Waals surface area contributed by atoms with Crippen LogP contribution in [0.2, 0.25) is 0 Å². The highest BCUT2D eigenvalue weighted by atomic mass is 15.3. The minimum atomic E-state index is 0.607. The van der Waals surface area contributed by atoms with Crippen molar-refractivity contribution in [2.75, 3.05) is 11.9 Å². The predicted octanol–water partition coefficient (Wildman–Crippen LogP) is 1.41. The van der Waals surface area contributed by atoms with Crippen molar-refractivity contribution in [3.8, 4) is 0 Å². The molecule has 0 unspecified atom stereocenters. The van der Waals surface area contributed by atoms with Crippen molar-refractivity contribution in [1.29, 1.82) is 0 Å². The van der Waals surface area contributed by atoms with Crippen LogP contribution in [0.15, 0.2) is 36.9 Å². The summed E-state index contributed by atoms with van der Waals surface area (Å²) in [7, 11) is 1.87. The quantitative estimate of drug-likeness (QED) is 0.762. The second-order valence-corrected chi connectivity index (χ2v) is 4.31. The van der Waals surface area contributed by atoms with Crippen LogP contribution < -0.4 is 5.32 Å². The largest absolute Gasteiger partial charge is 0.354 e. The lowest BCUT2D eigenvalue weighted by Crippen LogP contribution is -2.07. The molecule has 3 rings (SSSR count). The minimum Gasteiger partial charge on any atom is -0.354 e. The molecule has 0 aliphatic rings. The number of hydrogen-bond donors (Lipinski definition) is 1. The summed E-state index contributed by atoms with van der Waals surface area (Å²) in [5.74, 6) is 0.607. The molecule has 0 saturated heterocycles. The van der Waals surface area contributed by atoms with Crippen LogP contribution in [-0.2, 0) is 13.5 Å². The Bertz CT molecular complexity index is 676. The number of nitrogens with zero attached hydrogens (tertiary/aromatic N) is 5. The number of aryl methyl sites for hydroxylation is 1. The fraction of sp³-hybridized carbons (Fsp3) is 0.231. The van der Waals surface area contributed by atoms with Gasteiger partial charge in [0.1, 0.15) is 0 Å². The van der Waals surface area contributed by atoms with Gasteiger partial charge in [-0.3, -0.25) is 9.67 Å². The highest BCUT2D eigenvalue weighted by Gasteiger charge is 2.02. The van der Waals surface area contributed by atoms with Crippen LogP contribution in [-0.4, -0.2) is 31.3 Å². The highest BCUT2D eigenvalue weighted by Crippen LogP contribution is 2.09. The van der Waals surface area contributed by atoms with Gasteiger partial charge in [0.2, 0.25) is 5.95 Å². The summed E-state index contributed by atoms with van der Waals surface area (Å²) in [6.45, 7) is 0.768. The Balaban J connectivity index is 1.65. The third-order valence-electron chi connectivity index (χ3n) is 2.79. The second-order valence-electron chi connectivity index (χ2n) is 4.31. The normalized spacial score (nSPS) is 10.8. The van der Waals surface area contributed by atoms with Crippen molar-refractivity contribution >= 4 is 17.0 Å². The van der Waals surface area contributed by atoms with Gasteiger partial charge in [-0.1, -0.05) is 6.07 Å². The molecule has 1 N–H and O–H groups in total. The highest BCUT2D eigenvalue weighted by molar-refractivity contribution is 5.73. The summed E-state index contributed by atoms with van der Waals surface area (Å²) >= 11 is 0.